The smallest absolute Gasteiger partial charge is 0.324 e. The summed E-state index contributed by atoms with van der Waals surface area (Å²) in [7, 11) is -9.73. The van der Waals surface area contributed by atoms with E-state index in [1.807, 2.05) is 44.2 Å². The van der Waals surface area contributed by atoms with Crippen molar-refractivity contribution in [2.75, 3.05) is 0 Å². The van der Waals surface area contributed by atoms with Gasteiger partial charge in [0.25, 0.3) is 0 Å². The molecule has 0 saturated heterocycles. The summed E-state index contributed by atoms with van der Waals surface area (Å²) < 4.78 is 22.3. The maximum absolute atomic E-state index is 11.1. The highest BCUT2D eigenvalue weighted by Crippen LogP contribution is 2.61. The van der Waals surface area contributed by atoms with Crippen molar-refractivity contribution < 1.29 is 28.7 Å². The zero-order valence-electron chi connectivity index (χ0n) is 12.3. The molecular formula is C14H20O6P2. The van der Waals surface area contributed by atoms with Crippen molar-refractivity contribution in [3.63, 3.8) is 0 Å². The fraction of sp³-hybridized carbons (Fsp3) is 0.286. The highest BCUT2D eigenvalue weighted by atomic mass is 31.2. The Morgan fingerprint density at radius 2 is 1.45 bits per heavy atom. The number of rotatable bonds is 6. The van der Waals surface area contributed by atoms with E-state index in [1.165, 1.54) is 6.08 Å². The predicted molar refractivity (Wildman–Crippen MR) is 87.3 cm³/mol. The van der Waals surface area contributed by atoms with Gasteiger partial charge in [-0.3, -0.25) is 9.13 Å². The second-order valence-electron chi connectivity index (χ2n) is 5.19. The number of hydrogen-bond acceptors (Lipinski definition) is 2. The highest BCUT2D eigenvalue weighted by Gasteiger charge is 2.42. The third-order valence-corrected chi connectivity index (χ3v) is 6.61. The van der Waals surface area contributed by atoms with Gasteiger partial charge in [-0.15, -0.1) is 0 Å². The van der Waals surface area contributed by atoms with E-state index in [0.717, 1.165) is 16.7 Å². The molecule has 0 radical (unpaired) electrons. The molecule has 4 N–H and O–H groups in total. The highest BCUT2D eigenvalue weighted by molar-refractivity contribution is 7.70. The average Bonchev–Trinajstić information content (AvgIpc) is 2.32. The molecule has 1 aromatic carbocycles. The van der Waals surface area contributed by atoms with Crippen LogP contribution in [0.25, 0.3) is 12.2 Å². The molecule has 122 valence electrons. The molecular weight excluding hydrogens is 326 g/mol. The largest absolute Gasteiger partial charge is 0.341 e. The van der Waals surface area contributed by atoms with Crippen molar-refractivity contribution in [2.24, 2.45) is 0 Å². The molecule has 0 aliphatic rings. The first-order valence-corrected chi connectivity index (χ1v) is 9.88. The summed E-state index contributed by atoms with van der Waals surface area (Å²) in [4.78, 5) is 36.0. The third kappa shape index (κ3) is 6.41. The van der Waals surface area contributed by atoms with Gasteiger partial charge in [-0.25, -0.2) is 0 Å². The first kappa shape index (κ1) is 19.0. The standard InChI is InChI=1S/C14H20O6P2/c1-11(2)10-13-8-6-12(7-9-13)4-3-5-14(21(15,16)17)22(18,19)20/h3-4,6-10,14H,5H2,1-2H3,(H2,15,16,17)(H2,18,19,20)/b4-3+. The van der Waals surface area contributed by atoms with Crippen LogP contribution >= 0.6 is 15.2 Å². The molecule has 0 unspecified atom stereocenters. The van der Waals surface area contributed by atoms with Gasteiger partial charge in [-0.1, -0.05) is 48.1 Å². The van der Waals surface area contributed by atoms with Crippen LogP contribution in [0.4, 0.5) is 0 Å². The lowest BCUT2D eigenvalue weighted by atomic mass is 10.1. The van der Waals surface area contributed by atoms with Crippen LogP contribution in [0, 0.1) is 0 Å². The average molecular weight is 346 g/mol. The van der Waals surface area contributed by atoms with E-state index < -0.39 is 27.0 Å². The Hall–Kier alpha value is -1.00. The fourth-order valence-electron chi connectivity index (χ4n) is 1.83. The van der Waals surface area contributed by atoms with Crippen LogP contribution in [0.2, 0.25) is 0 Å². The number of benzene rings is 1. The normalized spacial score (nSPS) is 12.9. The zero-order valence-corrected chi connectivity index (χ0v) is 14.1. The molecule has 0 aliphatic heterocycles. The van der Waals surface area contributed by atoms with E-state index >= 15 is 0 Å². The van der Waals surface area contributed by atoms with Gasteiger partial charge in [0, 0.05) is 0 Å². The van der Waals surface area contributed by atoms with Crippen molar-refractivity contribution in [3.05, 3.63) is 47.0 Å². The van der Waals surface area contributed by atoms with Crippen molar-refractivity contribution in [3.8, 4) is 0 Å². The second kappa shape index (κ2) is 7.51. The number of allylic oxidation sites excluding steroid dienone is 2. The van der Waals surface area contributed by atoms with Crippen molar-refractivity contribution in [2.45, 2.75) is 25.7 Å². The van der Waals surface area contributed by atoms with E-state index in [0.29, 0.717) is 0 Å². The van der Waals surface area contributed by atoms with Crippen LogP contribution < -0.4 is 0 Å². The molecule has 0 aliphatic carbocycles. The Bertz CT molecular complexity index is 624. The van der Waals surface area contributed by atoms with Gasteiger partial charge in [0.15, 0.2) is 5.40 Å². The Kier molecular flexibility index (Phi) is 6.50. The number of hydrogen-bond donors (Lipinski definition) is 4. The van der Waals surface area contributed by atoms with E-state index in [1.54, 1.807) is 6.08 Å². The van der Waals surface area contributed by atoms with Crippen LogP contribution in [-0.2, 0) is 9.13 Å². The zero-order chi connectivity index (χ0) is 17.0. The Morgan fingerprint density at radius 3 is 1.86 bits per heavy atom. The molecule has 0 aromatic heterocycles. The molecule has 0 saturated carbocycles. The summed E-state index contributed by atoms with van der Waals surface area (Å²) in [6.07, 6.45) is 4.54. The minimum atomic E-state index is -4.86. The van der Waals surface area contributed by atoms with Crippen LogP contribution in [0.5, 0.6) is 0 Å². The predicted octanol–water partition coefficient (Wildman–Crippen LogP) is 3.19. The monoisotopic (exact) mass is 346 g/mol. The SMILES string of the molecule is CC(C)=Cc1ccc(/C=C/CC(P(=O)(O)O)P(=O)(O)O)cc1. The summed E-state index contributed by atoms with van der Waals surface area (Å²) in [5.74, 6) is 0. The van der Waals surface area contributed by atoms with Gasteiger partial charge >= 0.3 is 15.2 Å². The molecule has 8 heteroatoms. The Morgan fingerprint density at radius 1 is 1.00 bits per heavy atom. The van der Waals surface area contributed by atoms with E-state index in [9.17, 15) is 9.13 Å². The molecule has 0 spiro atoms. The maximum atomic E-state index is 11.1. The molecule has 22 heavy (non-hydrogen) atoms. The van der Waals surface area contributed by atoms with E-state index in [2.05, 4.69) is 0 Å². The molecule has 0 bridgehead atoms. The molecule has 0 heterocycles. The lowest BCUT2D eigenvalue weighted by Gasteiger charge is -2.17. The second-order valence-corrected chi connectivity index (χ2v) is 9.20. The summed E-state index contributed by atoms with van der Waals surface area (Å²) >= 11 is 0. The summed E-state index contributed by atoms with van der Waals surface area (Å²) in [5.41, 5.74) is 2.97. The van der Waals surface area contributed by atoms with Crippen LogP contribution in [0.1, 0.15) is 31.4 Å². The topological polar surface area (TPSA) is 115 Å². The first-order valence-electron chi connectivity index (χ1n) is 6.52. The van der Waals surface area contributed by atoms with Crippen LogP contribution in [0.15, 0.2) is 35.9 Å². The third-order valence-electron chi connectivity index (χ3n) is 2.83. The lowest BCUT2D eigenvalue weighted by Crippen LogP contribution is -2.07. The summed E-state index contributed by atoms with van der Waals surface area (Å²) in [6.45, 7) is 3.97. The van der Waals surface area contributed by atoms with Gasteiger partial charge in [-0.2, -0.15) is 0 Å². The van der Waals surface area contributed by atoms with E-state index in [4.69, 9.17) is 19.6 Å². The molecule has 1 aromatic rings. The molecule has 1 rings (SSSR count). The van der Waals surface area contributed by atoms with Gasteiger partial charge in [0.05, 0.1) is 0 Å². The van der Waals surface area contributed by atoms with Crippen LogP contribution in [0.3, 0.4) is 0 Å². The molecule has 0 atom stereocenters. The van der Waals surface area contributed by atoms with E-state index in [-0.39, 0.29) is 0 Å². The van der Waals surface area contributed by atoms with Crippen LogP contribution in [-0.4, -0.2) is 25.0 Å². The Balaban J connectivity index is 2.82. The summed E-state index contributed by atoms with van der Waals surface area (Å²) in [5, 5.41) is -2.00. The van der Waals surface area contributed by atoms with Crippen molar-refractivity contribution in [1.29, 1.82) is 0 Å². The van der Waals surface area contributed by atoms with Crippen molar-refractivity contribution >= 4 is 27.3 Å². The fourth-order valence-corrected chi connectivity index (χ4v) is 4.19. The van der Waals surface area contributed by atoms with Gasteiger partial charge in [-0.05, 0) is 31.4 Å². The van der Waals surface area contributed by atoms with Gasteiger partial charge in [0.1, 0.15) is 0 Å². The van der Waals surface area contributed by atoms with Gasteiger partial charge in [0.2, 0.25) is 0 Å². The maximum Gasteiger partial charge on any atom is 0.341 e. The van der Waals surface area contributed by atoms with Gasteiger partial charge < -0.3 is 19.6 Å². The van der Waals surface area contributed by atoms with Crippen molar-refractivity contribution in [1.82, 2.24) is 0 Å². The molecule has 6 nitrogen and oxygen atoms in total. The molecule has 0 amide bonds. The Labute approximate surface area is 129 Å². The lowest BCUT2D eigenvalue weighted by molar-refractivity contribution is 0.339. The first-order chi connectivity index (χ1) is 10.00. The summed E-state index contributed by atoms with van der Waals surface area (Å²) in [6, 6.07) is 7.40. The minimum Gasteiger partial charge on any atom is -0.324 e. The quantitative estimate of drug-likeness (QED) is 0.588. The molecule has 0 fully saturated rings. The minimum absolute atomic E-state index is 0.399.